The Hall–Kier alpha value is -7.60. The summed E-state index contributed by atoms with van der Waals surface area (Å²) in [5, 5.41) is 37.8. The van der Waals surface area contributed by atoms with Crippen LogP contribution in [0, 0.1) is 59.2 Å². The molecule has 0 radical (unpaired) electrons. The Bertz CT molecular complexity index is 2570. The monoisotopic (exact) mass is 830 g/mol. The zero-order valence-corrected chi connectivity index (χ0v) is 33.7. The predicted molar refractivity (Wildman–Crippen MR) is 224 cm³/mol. The highest BCUT2D eigenvalue weighted by Crippen LogP contribution is 2.37. The minimum absolute atomic E-state index is 0.00231. The second kappa shape index (κ2) is 19.2. The Labute approximate surface area is 356 Å². The van der Waals surface area contributed by atoms with E-state index in [1.165, 1.54) is 24.3 Å². The van der Waals surface area contributed by atoms with Crippen LogP contribution in [0.4, 0.5) is 0 Å². The highest BCUT2D eigenvalue weighted by molar-refractivity contribution is 6.32. The molecule has 0 saturated carbocycles. The van der Waals surface area contributed by atoms with Gasteiger partial charge in [0.2, 0.25) is 0 Å². The summed E-state index contributed by atoms with van der Waals surface area (Å²) in [5.41, 5.74) is 8.55. The fourth-order valence-corrected chi connectivity index (χ4v) is 6.91. The molecule has 294 valence electrons. The van der Waals surface area contributed by atoms with E-state index in [2.05, 4.69) is 0 Å². The largest absolute Gasteiger partial charge is 0.488 e. The first-order valence-electron chi connectivity index (χ1n) is 18.2. The van der Waals surface area contributed by atoms with Crippen molar-refractivity contribution in [3.8, 4) is 58.4 Å². The summed E-state index contributed by atoms with van der Waals surface area (Å²) in [5.74, 6) is 1.06. The lowest BCUT2D eigenvalue weighted by atomic mass is 9.92. The summed E-state index contributed by atoms with van der Waals surface area (Å²) in [6, 6.07) is 35.4. The molecular formula is C48H32Cl2N4O6. The van der Waals surface area contributed by atoms with Crippen molar-refractivity contribution in [2.75, 3.05) is 0 Å². The molecule has 0 atom stereocenters. The van der Waals surface area contributed by atoms with Crippen molar-refractivity contribution < 1.29 is 28.5 Å². The van der Waals surface area contributed by atoms with E-state index in [1.807, 2.05) is 74.5 Å². The number of ether oxygens (including phenoxy) is 4. The second-order valence-electron chi connectivity index (χ2n) is 13.5. The molecule has 0 amide bonds. The highest BCUT2D eigenvalue weighted by Gasteiger charge is 2.17. The van der Waals surface area contributed by atoms with E-state index >= 15 is 0 Å². The van der Waals surface area contributed by atoms with E-state index in [9.17, 15) is 30.6 Å². The van der Waals surface area contributed by atoms with Crippen molar-refractivity contribution in [1.29, 1.82) is 21.0 Å². The average molecular weight is 832 g/mol. The van der Waals surface area contributed by atoms with Crippen molar-refractivity contribution in [3.05, 3.63) is 174 Å². The highest BCUT2D eigenvalue weighted by atomic mass is 35.5. The first kappa shape index (κ1) is 42.0. The lowest BCUT2D eigenvalue weighted by molar-refractivity contribution is 0.111. The Morgan fingerprint density at radius 2 is 0.833 bits per heavy atom. The van der Waals surface area contributed by atoms with Crippen LogP contribution in [0.3, 0.4) is 0 Å². The molecule has 0 unspecified atom stereocenters. The van der Waals surface area contributed by atoms with Crippen molar-refractivity contribution in [3.63, 3.8) is 0 Å². The molecule has 0 bridgehead atoms. The summed E-state index contributed by atoms with van der Waals surface area (Å²) in [6.45, 7) is 4.30. The van der Waals surface area contributed by atoms with Gasteiger partial charge in [-0.25, -0.2) is 0 Å². The van der Waals surface area contributed by atoms with Crippen LogP contribution in [0.1, 0.15) is 76.4 Å². The molecular weight excluding hydrogens is 799 g/mol. The molecule has 0 aliphatic rings. The third-order valence-electron chi connectivity index (χ3n) is 9.62. The number of nitrogens with zero attached hydrogens (tertiary/aromatic N) is 4. The molecule has 6 aromatic rings. The molecule has 0 saturated heterocycles. The maximum absolute atomic E-state index is 11.9. The van der Waals surface area contributed by atoms with Crippen LogP contribution >= 0.6 is 23.2 Å². The minimum Gasteiger partial charge on any atom is -0.488 e. The first-order valence-corrected chi connectivity index (χ1v) is 19.0. The van der Waals surface area contributed by atoms with Crippen LogP contribution in [0.15, 0.2) is 97.1 Å². The molecule has 10 nitrogen and oxygen atoms in total. The molecule has 0 aromatic heterocycles. The molecule has 0 N–H and O–H groups in total. The van der Waals surface area contributed by atoms with Crippen molar-refractivity contribution in [2.45, 2.75) is 40.3 Å². The smallest absolute Gasteiger partial charge is 0.153 e. The predicted octanol–water partition coefficient (Wildman–Crippen LogP) is 10.7. The van der Waals surface area contributed by atoms with Gasteiger partial charge in [0, 0.05) is 12.1 Å². The van der Waals surface area contributed by atoms with Gasteiger partial charge < -0.3 is 18.9 Å². The maximum atomic E-state index is 11.9. The minimum atomic E-state index is -0.00231. The van der Waals surface area contributed by atoms with Gasteiger partial charge in [0.25, 0.3) is 0 Å². The van der Waals surface area contributed by atoms with Crippen LogP contribution < -0.4 is 18.9 Å². The van der Waals surface area contributed by atoms with E-state index in [0.717, 1.165) is 33.4 Å². The van der Waals surface area contributed by atoms with E-state index in [1.54, 1.807) is 36.4 Å². The van der Waals surface area contributed by atoms with Crippen LogP contribution in [0.5, 0.6) is 23.0 Å². The van der Waals surface area contributed by atoms with Gasteiger partial charge in [-0.1, -0.05) is 59.6 Å². The quantitative estimate of drug-likeness (QED) is 0.0909. The second-order valence-corrected chi connectivity index (χ2v) is 14.3. The third kappa shape index (κ3) is 9.74. The van der Waals surface area contributed by atoms with E-state index in [4.69, 9.17) is 42.1 Å². The number of nitriles is 4. The standard InChI is InChI=1S/C48H32Cl2N4O6/c1-29-37(27-59-47-17-45(39(23-55)15-43(47)49)57-25-35-11-31(19-51)9-32(12-35)20-52)5-3-7-41(29)42-8-4-6-38(30(42)2)28-60-48-18-46(40(24-56)16-44(48)50)58-26-36-13-33(21-53)10-34(14-36)22-54/h3-18,23-24H,25-28H2,1-2H3. The van der Waals surface area contributed by atoms with Gasteiger partial charge in [-0.2, -0.15) is 21.0 Å². The Kier molecular flexibility index (Phi) is 13.5. The lowest BCUT2D eigenvalue weighted by Gasteiger charge is -2.18. The number of carbonyl (C=O) groups excluding carboxylic acids is 2. The fourth-order valence-electron chi connectivity index (χ4n) is 6.46. The molecule has 12 heteroatoms. The van der Waals surface area contributed by atoms with Gasteiger partial charge in [0.1, 0.15) is 49.4 Å². The summed E-state index contributed by atoms with van der Waals surface area (Å²) in [6.07, 6.45) is 1.26. The molecule has 0 spiro atoms. The zero-order chi connectivity index (χ0) is 42.8. The van der Waals surface area contributed by atoms with Crippen LogP contribution in [0.25, 0.3) is 11.1 Å². The Morgan fingerprint density at radius 1 is 0.483 bits per heavy atom. The fraction of sp³-hybridized carbons (Fsp3) is 0.125. The summed E-state index contributed by atoms with van der Waals surface area (Å²) in [7, 11) is 0. The van der Waals surface area contributed by atoms with Gasteiger partial charge in [-0.05, 0) is 107 Å². The van der Waals surface area contributed by atoms with Crippen molar-refractivity contribution in [1.82, 2.24) is 0 Å². The van der Waals surface area contributed by atoms with E-state index < -0.39 is 0 Å². The molecule has 60 heavy (non-hydrogen) atoms. The topological polar surface area (TPSA) is 166 Å². The Morgan fingerprint density at radius 3 is 1.17 bits per heavy atom. The molecule has 0 fully saturated rings. The lowest BCUT2D eigenvalue weighted by Crippen LogP contribution is -2.04. The SMILES string of the molecule is Cc1c(COc2cc(OCc3cc(C#N)cc(C#N)c3)c(C=O)cc2Cl)cccc1-c1cccc(COc2cc(OCc3cc(C#N)cc(C#N)c3)c(C=O)cc2Cl)c1C. The number of aldehydes is 2. The molecule has 0 aliphatic heterocycles. The number of hydrogen-bond donors (Lipinski definition) is 0. The van der Waals surface area contributed by atoms with Gasteiger partial charge in [-0.3, -0.25) is 9.59 Å². The third-order valence-corrected chi connectivity index (χ3v) is 10.2. The van der Waals surface area contributed by atoms with Gasteiger partial charge in [0.15, 0.2) is 12.6 Å². The van der Waals surface area contributed by atoms with Gasteiger partial charge in [0.05, 0.1) is 67.7 Å². The molecule has 0 aliphatic carbocycles. The van der Waals surface area contributed by atoms with E-state index in [0.29, 0.717) is 57.5 Å². The number of hydrogen-bond acceptors (Lipinski definition) is 10. The first-order chi connectivity index (χ1) is 29.1. The number of benzene rings is 6. The van der Waals surface area contributed by atoms with Crippen molar-refractivity contribution >= 4 is 35.8 Å². The number of rotatable bonds is 15. The molecule has 6 rings (SSSR count). The van der Waals surface area contributed by atoms with E-state index in [-0.39, 0.29) is 59.1 Å². The van der Waals surface area contributed by atoms with Crippen LogP contribution in [0.2, 0.25) is 10.0 Å². The molecule has 6 aromatic carbocycles. The van der Waals surface area contributed by atoms with Crippen LogP contribution in [-0.4, -0.2) is 12.6 Å². The summed E-state index contributed by atoms with van der Waals surface area (Å²) < 4.78 is 24.3. The van der Waals surface area contributed by atoms with Crippen molar-refractivity contribution in [2.24, 2.45) is 0 Å². The number of carbonyl (C=O) groups is 2. The summed E-state index contributed by atoms with van der Waals surface area (Å²) >= 11 is 13.1. The average Bonchev–Trinajstić information content (AvgIpc) is 3.27. The van der Waals surface area contributed by atoms with Gasteiger partial charge in [-0.15, -0.1) is 0 Å². The number of halogens is 2. The molecule has 0 heterocycles. The summed E-state index contributed by atoms with van der Waals surface area (Å²) in [4.78, 5) is 23.8. The normalized spacial score (nSPS) is 10.3. The van der Waals surface area contributed by atoms with Crippen LogP contribution in [-0.2, 0) is 26.4 Å². The Balaban J connectivity index is 1.17. The maximum Gasteiger partial charge on any atom is 0.153 e. The van der Waals surface area contributed by atoms with Gasteiger partial charge >= 0.3 is 0 Å². The zero-order valence-electron chi connectivity index (χ0n) is 32.2.